The summed E-state index contributed by atoms with van der Waals surface area (Å²) in [5.74, 6) is -1.31. The van der Waals surface area contributed by atoms with Crippen LogP contribution in [0.3, 0.4) is 0 Å². The van der Waals surface area contributed by atoms with Crippen molar-refractivity contribution in [2.75, 3.05) is 13.6 Å². The van der Waals surface area contributed by atoms with Crippen molar-refractivity contribution >= 4 is 11.9 Å². The van der Waals surface area contributed by atoms with Crippen LogP contribution in [0.15, 0.2) is 36.7 Å². The van der Waals surface area contributed by atoms with Crippen molar-refractivity contribution in [2.24, 2.45) is 11.5 Å². The molecule has 1 aromatic heterocycles. The number of aromatic amines is 1. The zero-order valence-electron chi connectivity index (χ0n) is 13.5. The van der Waals surface area contributed by atoms with Gasteiger partial charge in [-0.3, -0.25) is 9.59 Å². The first-order chi connectivity index (χ1) is 11.5. The summed E-state index contributed by atoms with van der Waals surface area (Å²) >= 11 is 0. The van der Waals surface area contributed by atoms with Gasteiger partial charge in [0.15, 0.2) is 0 Å². The van der Waals surface area contributed by atoms with Gasteiger partial charge in [0.05, 0.1) is 12.0 Å². The maximum absolute atomic E-state index is 10.7. The first-order valence-corrected chi connectivity index (χ1v) is 7.45. The number of rotatable bonds is 7. The van der Waals surface area contributed by atoms with E-state index < -0.39 is 17.9 Å². The fourth-order valence-electron chi connectivity index (χ4n) is 2.02. The molecule has 8 nitrogen and oxygen atoms in total. The van der Waals surface area contributed by atoms with E-state index in [0.717, 1.165) is 5.56 Å². The molecule has 2 rings (SSSR count). The van der Waals surface area contributed by atoms with Crippen LogP contribution in [0.5, 0.6) is 0 Å². The Morgan fingerprint density at radius 2 is 2.00 bits per heavy atom. The summed E-state index contributed by atoms with van der Waals surface area (Å²) < 4.78 is 0. The van der Waals surface area contributed by atoms with Crippen molar-refractivity contribution in [2.45, 2.75) is 18.9 Å². The third-order valence-corrected chi connectivity index (χ3v) is 3.27. The molecule has 0 saturated carbocycles. The molecule has 0 spiro atoms. The number of carbonyl (C=O) groups is 2. The van der Waals surface area contributed by atoms with Gasteiger partial charge in [0, 0.05) is 6.42 Å². The van der Waals surface area contributed by atoms with Crippen LogP contribution in [0.4, 0.5) is 0 Å². The van der Waals surface area contributed by atoms with E-state index in [2.05, 4.69) is 15.3 Å². The molecule has 0 unspecified atom stereocenters. The molecule has 1 aromatic carbocycles. The standard InChI is InChI=1S/C10H13NO2.C6H10N4O/c1-11-9(10(12)13)7-8-5-3-2-4-6-8;7-2-1-4-5(6(8)11)10-3-9-4/h2-6,9,11H,7H2,1H3,(H,12,13);3H,1-2,7H2,(H2,8,11)(H,9,10)/t9-;/m0./s1. The number of amides is 1. The van der Waals surface area contributed by atoms with Gasteiger partial charge in [0.25, 0.3) is 5.91 Å². The van der Waals surface area contributed by atoms with Crippen molar-refractivity contribution in [3.8, 4) is 0 Å². The van der Waals surface area contributed by atoms with E-state index in [4.69, 9.17) is 16.6 Å². The number of H-pyrrole nitrogens is 1. The smallest absolute Gasteiger partial charge is 0.321 e. The Morgan fingerprint density at radius 3 is 2.50 bits per heavy atom. The summed E-state index contributed by atoms with van der Waals surface area (Å²) in [4.78, 5) is 27.9. The molecule has 0 aliphatic heterocycles. The number of likely N-dealkylation sites (N-methyl/N-ethyl adjacent to an activating group) is 1. The summed E-state index contributed by atoms with van der Waals surface area (Å²) in [5.41, 5.74) is 12.3. The first-order valence-electron chi connectivity index (χ1n) is 7.45. The van der Waals surface area contributed by atoms with E-state index >= 15 is 0 Å². The Labute approximate surface area is 140 Å². The molecule has 0 bridgehead atoms. The van der Waals surface area contributed by atoms with Crippen LogP contribution in [0.2, 0.25) is 0 Å². The zero-order chi connectivity index (χ0) is 17.9. The van der Waals surface area contributed by atoms with Gasteiger partial charge in [0.1, 0.15) is 11.7 Å². The number of nitrogens with zero attached hydrogens (tertiary/aromatic N) is 1. The van der Waals surface area contributed by atoms with Gasteiger partial charge in [-0.1, -0.05) is 30.3 Å². The van der Waals surface area contributed by atoms with Gasteiger partial charge in [-0.05, 0) is 25.6 Å². The van der Waals surface area contributed by atoms with E-state index in [1.807, 2.05) is 30.3 Å². The minimum atomic E-state index is -0.814. The average Bonchev–Trinajstić information content (AvgIpc) is 3.03. The van der Waals surface area contributed by atoms with Crippen LogP contribution in [0, 0.1) is 0 Å². The molecule has 8 heteroatoms. The highest BCUT2D eigenvalue weighted by atomic mass is 16.4. The Kier molecular flexibility index (Phi) is 8.17. The zero-order valence-corrected chi connectivity index (χ0v) is 13.5. The van der Waals surface area contributed by atoms with Crippen molar-refractivity contribution in [3.05, 3.63) is 53.6 Å². The number of primary amides is 1. The fourth-order valence-corrected chi connectivity index (χ4v) is 2.02. The quantitative estimate of drug-likeness (QED) is 0.478. The number of aliphatic carboxylic acids is 1. The molecule has 2 aromatic rings. The van der Waals surface area contributed by atoms with E-state index in [1.165, 1.54) is 6.33 Å². The summed E-state index contributed by atoms with van der Waals surface area (Å²) in [6.45, 7) is 0.463. The predicted molar refractivity (Wildman–Crippen MR) is 90.5 cm³/mol. The molecule has 1 atom stereocenters. The molecule has 0 aliphatic rings. The lowest BCUT2D eigenvalue weighted by Crippen LogP contribution is -2.35. The first kappa shape index (κ1) is 19.3. The second kappa shape index (κ2) is 10.1. The van der Waals surface area contributed by atoms with Crippen LogP contribution in [-0.2, 0) is 17.6 Å². The highest BCUT2D eigenvalue weighted by molar-refractivity contribution is 5.91. The number of carboxylic acid groups (broad SMARTS) is 1. The van der Waals surface area contributed by atoms with Crippen LogP contribution < -0.4 is 16.8 Å². The molecular weight excluding hydrogens is 310 g/mol. The second-order valence-electron chi connectivity index (χ2n) is 5.00. The number of nitrogens with two attached hydrogens (primary N) is 2. The number of hydrogen-bond acceptors (Lipinski definition) is 5. The molecule has 0 aliphatic carbocycles. The molecule has 24 heavy (non-hydrogen) atoms. The Morgan fingerprint density at radius 1 is 1.33 bits per heavy atom. The maximum atomic E-state index is 10.7. The van der Waals surface area contributed by atoms with Gasteiger partial charge < -0.3 is 26.9 Å². The molecule has 130 valence electrons. The maximum Gasteiger partial charge on any atom is 0.321 e. The van der Waals surface area contributed by atoms with Crippen molar-refractivity contribution in [1.29, 1.82) is 0 Å². The third kappa shape index (κ3) is 6.19. The summed E-state index contributed by atoms with van der Waals surface area (Å²) in [6.07, 6.45) is 2.53. The monoisotopic (exact) mass is 333 g/mol. The highest BCUT2D eigenvalue weighted by Crippen LogP contribution is 2.03. The van der Waals surface area contributed by atoms with Crippen LogP contribution in [0.1, 0.15) is 21.7 Å². The number of carbonyl (C=O) groups excluding carboxylic acids is 1. The number of hydrogen-bond donors (Lipinski definition) is 5. The summed E-state index contributed by atoms with van der Waals surface area (Å²) in [5, 5.41) is 11.5. The lowest BCUT2D eigenvalue weighted by atomic mass is 10.1. The molecule has 0 radical (unpaired) electrons. The fraction of sp³-hybridized carbons (Fsp3) is 0.312. The van der Waals surface area contributed by atoms with Gasteiger partial charge in [0.2, 0.25) is 0 Å². The number of carboxylic acids is 1. The van der Waals surface area contributed by atoms with E-state index in [1.54, 1.807) is 7.05 Å². The lowest BCUT2D eigenvalue weighted by Gasteiger charge is -2.10. The number of nitrogens with one attached hydrogen (secondary N) is 2. The topological polar surface area (TPSA) is 147 Å². The lowest BCUT2D eigenvalue weighted by molar-refractivity contribution is -0.139. The number of aromatic nitrogens is 2. The van der Waals surface area contributed by atoms with Gasteiger partial charge in [-0.2, -0.15) is 0 Å². The Balaban J connectivity index is 0.000000243. The molecular formula is C16H23N5O3. The van der Waals surface area contributed by atoms with E-state index in [9.17, 15) is 9.59 Å². The average molecular weight is 333 g/mol. The largest absolute Gasteiger partial charge is 0.480 e. The van der Waals surface area contributed by atoms with Crippen LogP contribution >= 0.6 is 0 Å². The van der Waals surface area contributed by atoms with Gasteiger partial charge >= 0.3 is 5.97 Å². The Hall–Kier alpha value is -2.71. The van der Waals surface area contributed by atoms with Gasteiger partial charge in [-0.15, -0.1) is 0 Å². The summed E-state index contributed by atoms with van der Waals surface area (Å²) in [6, 6.07) is 9.08. The molecule has 0 saturated heterocycles. The predicted octanol–water partition coefficient (Wildman–Crippen LogP) is -0.0885. The second-order valence-corrected chi connectivity index (χ2v) is 5.00. The normalized spacial score (nSPS) is 11.2. The molecule has 1 heterocycles. The summed E-state index contributed by atoms with van der Waals surface area (Å²) in [7, 11) is 1.65. The Bertz CT molecular complexity index is 642. The van der Waals surface area contributed by atoms with Gasteiger partial charge in [-0.25, -0.2) is 4.98 Å². The van der Waals surface area contributed by atoms with E-state index in [-0.39, 0.29) is 0 Å². The SMILES string of the molecule is CN[C@@H](Cc1ccccc1)C(=O)O.NCCc1nc[nH]c1C(N)=O. The van der Waals surface area contributed by atoms with Crippen LogP contribution in [-0.4, -0.2) is 46.6 Å². The molecule has 1 amide bonds. The highest BCUT2D eigenvalue weighted by Gasteiger charge is 2.14. The molecule has 0 fully saturated rings. The number of imidazole rings is 1. The van der Waals surface area contributed by atoms with Crippen molar-refractivity contribution in [1.82, 2.24) is 15.3 Å². The third-order valence-electron chi connectivity index (χ3n) is 3.27. The minimum Gasteiger partial charge on any atom is -0.480 e. The number of benzene rings is 1. The molecule has 7 N–H and O–H groups in total. The van der Waals surface area contributed by atoms with Crippen molar-refractivity contribution in [3.63, 3.8) is 0 Å². The van der Waals surface area contributed by atoms with Crippen LogP contribution in [0.25, 0.3) is 0 Å². The van der Waals surface area contributed by atoms with E-state index in [0.29, 0.717) is 30.8 Å². The van der Waals surface area contributed by atoms with Crippen molar-refractivity contribution < 1.29 is 14.7 Å². The minimum absolute atomic E-state index is 0.357.